The first-order valence-corrected chi connectivity index (χ1v) is 9.93. The molecule has 2 rings (SSSR count). The molecule has 0 unspecified atom stereocenters. The van der Waals surface area contributed by atoms with Crippen molar-refractivity contribution >= 4 is 38.8 Å². The third-order valence-corrected chi connectivity index (χ3v) is 4.79. The SMILES string of the molecule is CCOC(=O)CCCc1cn(CCCC(=O)OCC)c2c(Br)cccc12. The number of hydrogen-bond donors (Lipinski definition) is 0. The number of rotatable bonds is 10. The summed E-state index contributed by atoms with van der Waals surface area (Å²) in [6, 6.07) is 6.14. The van der Waals surface area contributed by atoms with Crippen molar-refractivity contribution in [2.75, 3.05) is 13.2 Å². The first-order chi connectivity index (χ1) is 12.6. The molecule has 0 amide bonds. The molecule has 0 atom stereocenters. The highest BCUT2D eigenvalue weighted by Gasteiger charge is 2.12. The van der Waals surface area contributed by atoms with Gasteiger partial charge in [-0.1, -0.05) is 12.1 Å². The molecule has 5 nitrogen and oxygen atoms in total. The van der Waals surface area contributed by atoms with E-state index >= 15 is 0 Å². The van der Waals surface area contributed by atoms with Crippen molar-refractivity contribution < 1.29 is 19.1 Å². The number of carbonyl (C=O) groups excluding carboxylic acids is 2. The summed E-state index contributed by atoms with van der Waals surface area (Å²) in [6.07, 6.45) is 5.27. The number of carbonyl (C=O) groups is 2. The molecular formula is C20H26BrNO4. The van der Waals surface area contributed by atoms with Gasteiger partial charge in [0.2, 0.25) is 0 Å². The van der Waals surface area contributed by atoms with Crippen molar-refractivity contribution in [1.29, 1.82) is 0 Å². The van der Waals surface area contributed by atoms with Crippen LogP contribution in [0, 0.1) is 0 Å². The summed E-state index contributed by atoms with van der Waals surface area (Å²) in [4.78, 5) is 23.1. The van der Waals surface area contributed by atoms with Gasteiger partial charge in [-0.15, -0.1) is 0 Å². The van der Waals surface area contributed by atoms with E-state index in [1.54, 1.807) is 0 Å². The van der Waals surface area contributed by atoms with Crippen LogP contribution >= 0.6 is 15.9 Å². The highest BCUT2D eigenvalue weighted by Crippen LogP contribution is 2.29. The smallest absolute Gasteiger partial charge is 0.305 e. The maximum Gasteiger partial charge on any atom is 0.305 e. The summed E-state index contributed by atoms with van der Waals surface area (Å²) in [7, 11) is 0. The predicted octanol–water partition coefficient (Wildman–Crippen LogP) is 4.63. The minimum Gasteiger partial charge on any atom is -0.466 e. The molecule has 26 heavy (non-hydrogen) atoms. The first-order valence-electron chi connectivity index (χ1n) is 9.14. The van der Waals surface area contributed by atoms with Gasteiger partial charge >= 0.3 is 11.9 Å². The second-order valence-electron chi connectivity index (χ2n) is 6.05. The predicted molar refractivity (Wildman–Crippen MR) is 105 cm³/mol. The van der Waals surface area contributed by atoms with E-state index in [2.05, 4.69) is 32.8 Å². The Morgan fingerprint density at radius 1 is 1.04 bits per heavy atom. The molecule has 0 aliphatic carbocycles. The maximum absolute atomic E-state index is 11.5. The number of aryl methyl sites for hydroxylation is 2. The van der Waals surface area contributed by atoms with Gasteiger partial charge in [-0.25, -0.2) is 0 Å². The average molecular weight is 424 g/mol. The van der Waals surface area contributed by atoms with Crippen molar-refractivity contribution in [3.63, 3.8) is 0 Å². The van der Waals surface area contributed by atoms with Crippen LogP contribution in [0.5, 0.6) is 0 Å². The largest absolute Gasteiger partial charge is 0.466 e. The molecule has 0 saturated carbocycles. The van der Waals surface area contributed by atoms with Crippen LogP contribution in [0.2, 0.25) is 0 Å². The van der Waals surface area contributed by atoms with E-state index in [4.69, 9.17) is 9.47 Å². The third kappa shape index (κ3) is 5.59. The maximum atomic E-state index is 11.5. The van der Waals surface area contributed by atoms with Gasteiger partial charge in [0.1, 0.15) is 0 Å². The lowest BCUT2D eigenvalue weighted by atomic mass is 10.1. The molecule has 0 N–H and O–H groups in total. The summed E-state index contributed by atoms with van der Waals surface area (Å²) in [5.74, 6) is -0.301. The van der Waals surface area contributed by atoms with Gasteiger partial charge < -0.3 is 14.0 Å². The lowest BCUT2D eigenvalue weighted by Gasteiger charge is -2.06. The van der Waals surface area contributed by atoms with E-state index in [1.807, 2.05) is 26.0 Å². The number of hydrogen-bond acceptors (Lipinski definition) is 4. The number of para-hydroxylation sites is 1. The fourth-order valence-electron chi connectivity index (χ4n) is 3.05. The van der Waals surface area contributed by atoms with Gasteiger partial charge in [0, 0.05) is 35.4 Å². The fourth-order valence-corrected chi connectivity index (χ4v) is 3.64. The Morgan fingerprint density at radius 2 is 1.69 bits per heavy atom. The van der Waals surface area contributed by atoms with E-state index in [0.717, 1.165) is 35.8 Å². The van der Waals surface area contributed by atoms with Crippen LogP contribution in [-0.2, 0) is 32.0 Å². The van der Waals surface area contributed by atoms with Crippen LogP contribution in [-0.4, -0.2) is 29.7 Å². The lowest BCUT2D eigenvalue weighted by molar-refractivity contribution is -0.144. The number of esters is 2. The third-order valence-electron chi connectivity index (χ3n) is 4.15. The fraction of sp³-hybridized carbons (Fsp3) is 0.500. The van der Waals surface area contributed by atoms with E-state index in [-0.39, 0.29) is 11.9 Å². The lowest BCUT2D eigenvalue weighted by Crippen LogP contribution is -2.06. The van der Waals surface area contributed by atoms with Gasteiger partial charge in [-0.2, -0.15) is 0 Å². The normalized spacial score (nSPS) is 10.9. The molecule has 0 aliphatic heterocycles. The Labute approximate surface area is 162 Å². The van der Waals surface area contributed by atoms with Crippen molar-refractivity contribution in [2.24, 2.45) is 0 Å². The number of fused-ring (bicyclic) bond motifs is 1. The minimum absolute atomic E-state index is 0.146. The van der Waals surface area contributed by atoms with Crippen molar-refractivity contribution in [3.05, 3.63) is 34.4 Å². The average Bonchev–Trinajstić information content (AvgIpc) is 2.95. The molecule has 0 aliphatic rings. The molecule has 0 radical (unpaired) electrons. The topological polar surface area (TPSA) is 57.5 Å². The van der Waals surface area contributed by atoms with Gasteiger partial charge in [-0.3, -0.25) is 9.59 Å². The van der Waals surface area contributed by atoms with E-state index < -0.39 is 0 Å². The summed E-state index contributed by atoms with van der Waals surface area (Å²) >= 11 is 3.63. The minimum atomic E-state index is -0.155. The molecule has 0 spiro atoms. The van der Waals surface area contributed by atoms with Crippen LogP contribution in [0.15, 0.2) is 28.9 Å². The molecule has 1 aromatic carbocycles. The number of aromatic nitrogens is 1. The summed E-state index contributed by atoms with van der Waals surface area (Å²) in [6.45, 7) is 5.22. The van der Waals surface area contributed by atoms with E-state index in [9.17, 15) is 9.59 Å². The zero-order valence-corrected chi connectivity index (χ0v) is 17.0. The molecule has 142 valence electrons. The number of nitrogens with zero attached hydrogens (tertiary/aromatic N) is 1. The summed E-state index contributed by atoms with van der Waals surface area (Å²) in [5.41, 5.74) is 2.34. The van der Waals surface area contributed by atoms with Gasteiger partial charge in [0.05, 0.1) is 18.7 Å². The van der Waals surface area contributed by atoms with Crippen molar-refractivity contribution in [2.45, 2.75) is 52.5 Å². The Kier molecular flexibility index (Phi) is 8.16. The molecular weight excluding hydrogens is 398 g/mol. The van der Waals surface area contributed by atoms with Crippen LogP contribution in [0.4, 0.5) is 0 Å². The molecule has 6 heteroatoms. The Hall–Kier alpha value is -1.82. The second-order valence-corrected chi connectivity index (χ2v) is 6.91. The number of ether oxygens (including phenoxy) is 2. The number of halogens is 1. The molecule has 2 aromatic rings. The van der Waals surface area contributed by atoms with E-state index in [1.165, 1.54) is 10.9 Å². The van der Waals surface area contributed by atoms with Crippen LogP contribution < -0.4 is 0 Å². The van der Waals surface area contributed by atoms with Crippen molar-refractivity contribution in [3.8, 4) is 0 Å². The monoisotopic (exact) mass is 423 g/mol. The Bertz CT molecular complexity index is 754. The summed E-state index contributed by atoms with van der Waals surface area (Å²) in [5, 5.41) is 1.18. The highest BCUT2D eigenvalue weighted by atomic mass is 79.9. The Balaban J connectivity index is 2.07. The van der Waals surface area contributed by atoms with Crippen LogP contribution in [0.25, 0.3) is 10.9 Å². The quantitative estimate of drug-likeness (QED) is 0.522. The summed E-state index contributed by atoms with van der Waals surface area (Å²) < 4.78 is 13.2. The Morgan fingerprint density at radius 3 is 2.35 bits per heavy atom. The molecule has 0 fully saturated rings. The van der Waals surface area contributed by atoms with Crippen LogP contribution in [0.1, 0.15) is 45.1 Å². The van der Waals surface area contributed by atoms with Gasteiger partial charge in [0.15, 0.2) is 0 Å². The number of benzene rings is 1. The van der Waals surface area contributed by atoms with Crippen LogP contribution in [0.3, 0.4) is 0 Å². The zero-order chi connectivity index (χ0) is 18.9. The molecule has 0 saturated heterocycles. The van der Waals surface area contributed by atoms with Gasteiger partial charge in [-0.05, 0) is 60.7 Å². The standard InChI is InChI=1S/C20H26BrNO4/c1-3-25-18(23)11-5-8-15-14-22(13-7-12-19(24)26-4-2)20-16(15)9-6-10-17(20)21/h6,9-10,14H,3-5,7-8,11-13H2,1-2H3. The zero-order valence-electron chi connectivity index (χ0n) is 15.4. The highest BCUT2D eigenvalue weighted by molar-refractivity contribution is 9.10. The second kappa shape index (κ2) is 10.4. The molecule has 1 heterocycles. The van der Waals surface area contributed by atoms with Gasteiger partial charge in [0.25, 0.3) is 0 Å². The molecule has 0 bridgehead atoms. The van der Waals surface area contributed by atoms with E-state index in [0.29, 0.717) is 26.1 Å². The first kappa shape index (κ1) is 20.5. The van der Waals surface area contributed by atoms with Crippen molar-refractivity contribution in [1.82, 2.24) is 4.57 Å². The molecule has 1 aromatic heterocycles.